The number of rotatable bonds is 14. The molecule has 0 aromatic heterocycles. The molecule has 4 aliphatic rings. The lowest BCUT2D eigenvalue weighted by atomic mass is 9.70. The van der Waals surface area contributed by atoms with Crippen molar-refractivity contribution in [3.05, 3.63) is 71.8 Å². The molecule has 4 heteroatoms. The van der Waals surface area contributed by atoms with Crippen molar-refractivity contribution in [3.63, 3.8) is 0 Å². The van der Waals surface area contributed by atoms with Crippen molar-refractivity contribution in [1.29, 1.82) is 0 Å². The molecule has 0 atom stereocenters. The Morgan fingerprint density at radius 3 is 1.12 bits per heavy atom. The average Bonchev–Trinajstić information content (AvgIpc) is 3.29. The summed E-state index contributed by atoms with van der Waals surface area (Å²) in [4.78, 5) is 28.0. The van der Waals surface area contributed by atoms with E-state index >= 15 is 0 Å². The van der Waals surface area contributed by atoms with E-state index in [2.05, 4.69) is 62.4 Å². The summed E-state index contributed by atoms with van der Waals surface area (Å²) in [6.45, 7) is 4.61. The summed E-state index contributed by atoms with van der Waals surface area (Å²) < 4.78 is 12.6. The van der Waals surface area contributed by atoms with Gasteiger partial charge in [-0.15, -0.1) is 0 Å². The molecule has 4 nitrogen and oxygen atoms in total. The summed E-state index contributed by atoms with van der Waals surface area (Å²) in [5, 5.41) is 8.51. The third-order valence-electron chi connectivity index (χ3n) is 16.6. The predicted octanol–water partition coefficient (Wildman–Crippen LogP) is 15.9. The normalized spacial score (nSPS) is 27.8. The smallest absolute Gasteiger partial charge is 0.339 e. The van der Waals surface area contributed by atoms with Gasteiger partial charge in [-0.2, -0.15) is 0 Å². The van der Waals surface area contributed by atoms with Gasteiger partial charge in [-0.05, 0) is 168 Å². The van der Waals surface area contributed by atoms with Crippen LogP contribution >= 0.6 is 0 Å². The Morgan fingerprint density at radius 1 is 0.417 bits per heavy atom. The molecule has 0 amide bonds. The van der Waals surface area contributed by atoms with Crippen LogP contribution in [0.25, 0.3) is 43.1 Å². The van der Waals surface area contributed by atoms with Crippen molar-refractivity contribution in [1.82, 2.24) is 0 Å². The van der Waals surface area contributed by atoms with Crippen molar-refractivity contribution in [3.8, 4) is 0 Å². The Kier molecular flexibility index (Phi) is 13.3. The van der Waals surface area contributed by atoms with E-state index in [4.69, 9.17) is 9.47 Å². The number of hydrogen-bond donors (Lipinski definition) is 0. The Morgan fingerprint density at radius 2 is 0.750 bits per heavy atom. The first-order valence-corrected chi connectivity index (χ1v) is 25.0. The lowest BCUT2D eigenvalue weighted by molar-refractivity contribution is 0.0103. The quantitative estimate of drug-likeness (QED) is 0.0485. The molecule has 0 N–H and O–H groups in total. The molecule has 0 heterocycles. The van der Waals surface area contributed by atoms with E-state index in [0.717, 1.165) is 104 Å². The SMILES string of the molecule is CCCCCC1CCC(C2CCC(OC(=O)c3ccc4c5cccc6c(C(=O)OC7CCC(C8CCC(CCCCC)CC8)CC7)ccc(c7cccc3c74)c65)CC2)CC1. The van der Waals surface area contributed by atoms with Crippen molar-refractivity contribution in [2.24, 2.45) is 35.5 Å². The molecule has 0 bridgehead atoms. The van der Waals surface area contributed by atoms with Crippen LogP contribution in [0.3, 0.4) is 0 Å². The number of ether oxygens (including phenoxy) is 2. The maximum absolute atomic E-state index is 14.0. The summed E-state index contributed by atoms with van der Waals surface area (Å²) in [6.07, 6.45) is 31.0. The van der Waals surface area contributed by atoms with Gasteiger partial charge in [-0.25, -0.2) is 9.59 Å². The highest BCUT2D eigenvalue weighted by molar-refractivity contribution is 6.35. The zero-order chi connectivity index (χ0) is 41.0. The molecule has 5 aromatic carbocycles. The van der Waals surface area contributed by atoms with E-state index < -0.39 is 0 Å². The fourth-order valence-corrected chi connectivity index (χ4v) is 13.1. The number of esters is 2. The van der Waals surface area contributed by atoms with Crippen LogP contribution < -0.4 is 0 Å². The molecular formula is C56H72O4. The standard InChI is InChI=1S/C56H72O4/c1-3-5-7-11-37-17-21-39(22-18-37)41-25-29-43(30-26-41)59-55(57)51-35-33-49-46-14-10-16-48-52(36-34-50(54(46)48)45-13-9-15-47(51)53(45)49)56(58)60-44-31-27-42(28-32-44)40-23-19-38(20-24-40)12-8-6-4-2/h9-10,13-16,33-44H,3-8,11-12,17-32H2,1-2H3. The van der Waals surface area contributed by atoms with E-state index in [1.165, 1.54) is 128 Å². The highest BCUT2D eigenvalue weighted by Crippen LogP contribution is 2.45. The molecule has 4 saturated carbocycles. The number of benzene rings is 5. The fraction of sp³-hybridized carbons (Fsp3) is 0.607. The molecule has 60 heavy (non-hydrogen) atoms. The zero-order valence-corrected chi connectivity index (χ0v) is 37.0. The first-order chi connectivity index (χ1) is 29.5. The zero-order valence-electron chi connectivity index (χ0n) is 37.0. The first-order valence-electron chi connectivity index (χ1n) is 25.0. The minimum atomic E-state index is -0.198. The molecule has 0 spiro atoms. The molecule has 0 radical (unpaired) electrons. The van der Waals surface area contributed by atoms with Gasteiger partial charge in [0, 0.05) is 0 Å². The van der Waals surface area contributed by atoms with Crippen molar-refractivity contribution < 1.29 is 19.1 Å². The van der Waals surface area contributed by atoms with Crippen molar-refractivity contribution in [2.75, 3.05) is 0 Å². The van der Waals surface area contributed by atoms with Crippen LogP contribution in [0.2, 0.25) is 0 Å². The lowest BCUT2D eigenvalue weighted by Crippen LogP contribution is -2.29. The van der Waals surface area contributed by atoms with Gasteiger partial charge in [-0.1, -0.05) is 139 Å². The minimum absolute atomic E-state index is 0.00226. The molecule has 9 rings (SSSR count). The number of carbonyl (C=O) groups excluding carboxylic acids is 2. The van der Waals surface area contributed by atoms with E-state index in [1.54, 1.807) is 0 Å². The maximum atomic E-state index is 14.0. The van der Waals surface area contributed by atoms with Gasteiger partial charge in [0.15, 0.2) is 0 Å². The highest BCUT2D eigenvalue weighted by atomic mass is 16.5. The Bertz CT molecular complexity index is 2030. The second-order valence-electron chi connectivity index (χ2n) is 20.2. The topological polar surface area (TPSA) is 52.6 Å². The predicted molar refractivity (Wildman–Crippen MR) is 249 cm³/mol. The molecule has 0 aliphatic heterocycles. The van der Waals surface area contributed by atoms with Crippen LogP contribution in [0, 0.1) is 35.5 Å². The third kappa shape index (κ3) is 8.83. The molecule has 0 saturated heterocycles. The summed E-state index contributed by atoms with van der Waals surface area (Å²) in [5.41, 5.74) is 1.31. The van der Waals surface area contributed by atoms with E-state index in [-0.39, 0.29) is 24.1 Å². The minimum Gasteiger partial charge on any atom is -0.459 e. The van der Waals surface area contributed by atoms with Gasteiger partial charge < -0.3 is 9.47 Å². The largest absolute Gasteiger partial charge is 0.459 e. The summed E-state index contributed by atoms with van der Waals surface area (Å²) in [7, 11) is 0. The maximum Gasteiger partial charge on any atom is 0.339 e. The monoisotopic (exact) mass is 809 g/mol. The van der Waals surface area contributed by atoms with Crippen LogP contribution in [0.15, 0.2) is 60.7 Å². The van der Waals surface area contributed by atoms with Gasteiger partial charge in [0.25, 0.3) is 0 Å². The third-order valence-corrected chi connectivity index (χ3v) is 16.6. The average molecular weight is 809 g/mol. The second-order valence-corrected chi connectivity index (χ2v) is 20.2. The van der Waals surface area contributed by atoms with Gasteiger partial charge in [0.05, 0.1) is 11.1 Å². The molecule has 0 unspecified atom stereocenters. The van der Waals surface area contributed by atoms with Crippen LogP contribution in [0.4, 0.5) is 0 Å². The molecule has 4 aliphatic carbocycles. The van der Waals surface area contributed by atoms with Gasteiger partial charge >= 0.3 is 11.9 Å². The van der Waals surface area contributed by atoms with Crippen LogP contribution in [-0.4, -0.2) is 24.1 Å². The summed E-state index contributed by atoms with van der Waals surface area (Å²) in [6, 6.07) is 20.8. The highest BCUT2D eigenvalue weighted by Gasteiger charge is 2.34. The summed E-state index contributed by atoms with van der Waals surface area (Å²) in [5.74, 6) is 4.82. The van der Waals surface area contributed by atoms with E-state index in [9.17, 15) is 9.59 Å². The number of hydrogen-bond acceptors (Lipinski definition) is 4. The Balaban J connectivity index is 0.849. The number of fused-ring (bicyclic) bond motifs is 2. The fourth-order valence-electron chi connectivity index (χ4n) is 13.1. The number of carbonyl (C=O) groups is 2. The number of unbranched alkanes of at least 4 members (excludes halogenated alkanes) is 4. The Labute approximate surface area is 360 Å². The van der Waals surface area contributed by atoms with Crippen LogP contribution in [0.5, 0.6) is 0 Å². The first kappa shape index (κ1) is 41.7. The molecule has 320 valence electrons. The lowest BCUT2D eigenvalue weighted by Gasteiger charge is -2.37. The molecule has 4 fully saturated rings. The second kappa shape index (κ2) is 19.2. The van der Waals surface area contributed by atoms with Crippen LogP contribution in [-0.2, 0) is 9.47 Å². The summed E-state index contributed by atoms with van der Waals surface area (Å²) >= 11 is 0. The van der Waals surface area contributed by atoms with Gasteiger partial charge in [-0.3, -0.25) is 0 Å². The van der Waals surface area contributed by atoms with Gasteiger partial charge in [0.1, 0.15) is 12.2 Å². The van der Waals surface area contributed by atoms with Gasteiger partial charge in [0.2, 0.25) is 0 Å². The molecular weight excluding hydrogens is 737 g/mol. The molecule has 5 aromatic rings. The van der Waals surface area contributed by atoms with Crippen molar-refractivity contribution in [2.45, 2.75) is 180 Å². The Hall–Kier alpha value is -3.66. The van der Waals surface area contributed by atoms with E-state index in [0.29, 0.717) is 11.1 Å². The van der Waals surface area contributed by atoms with Crippen LogP contribution in [0.1, 0.15) is 189 Å². The van der Waals surface area contributed by atoms with E-state index in [1.807, 2.05) is 12.1 Å². The van der Waals surface area contributed by atoms with Crippen molar-refractivity contribution >= 4 is 55.0 Å².